The topological polar surface area (TPSA) is 69.7 Å². The van der Waals surface area contributed by atoms with E-state index >= 15 is 0 Å². The van der Waals surface area contributed by atoms with Crippen LogP contribution in [0.4, 0.5) is 0 Å². The first kappa shape index (κ1) is 15.1. The minimum Gasteiger partial charge on any atom is -0.453 e. The van der Waals surface area contributed by atoms with Crippen LogP contribution in [0, 0.1) is 6.92 Å². The fourth-order valence-corrected chi connectivity index (χ4v) is 2.55. The second-order valence-corrected chi connectivity index (χ2v) is 5.25. The first-order valence-corrected chi connectivity index (χ1v) is 7.35. The Labute approximate surface area is 132 Å². The predicted octanol–water partition coefficient (Wildman–Crippen LogP) is 3.85. The van der Waals surface area contributed by atoms with E-state index in [-0.39, 0.29) is 11.3 Å². The number of carbonyl (C=O) groups is 1. The van der Waals surface area contributed by atoms with Crippen molar-refractivity contribution in [3.63, 3.8) is 0 Å². The van der Waals surface area contributed by atoms with Crippen LogP contribution in [0.1, 0.15) is 25.0 Å². The van der Waals surface area contributed by atoms with E-state index in [0.717, 1.165) is 5.39 Å². The van der Waals surface area contributed by atoms with Gasteiger partial charge in [-0.05, 0) is 25.5 Å². The standard InChI is InChI=1S/C18H16O5/c1-4-13-16(21-11(3)19)10(2)18(20)23-17(13)15-9-12-7-5-6-8-14(12)22-15/h5-9H,4H2,1-3H3. The van der Waals surface area contributed by atoms with Crippen molar-refractivity contribution in [1.82, 2.24) is 0 Å². The van der Waals surface area contributed by atoms with Gasteiger partial charge in [0.1, 0.15) is 11.3 Å². The molecule has 0 bridgehead atoms. The average Bonchev–Trinajstić information content (AvgIpc) is 2.95. The highest BCUT2D eigenvalue weighted by molar-refractivity contribution is 5.83. The number of hydrogen-bond donors (Lipinski definition) is 0. The van der Waals surface area contributed by atoms with E-state index in [2.05, 4.69) is 0 Å². The Bertz CT molecular complexity index is 913. The molecule has 0 amide bonds. The van der Waals surface area contributed by atoms with Crippen LogP contribution < -0.4 is 10.4 Å². The normalized spacial score (nSPS) is 10.9. The van der Waals surface area contributed by atoms with Crippen molar-refractivity contribution in [1.29, 1.82) is 0 Å². The number of para-hydroxylation sites is 1. The Morgan fingerprint density at radius 3 is 2.61 bits per heavy atom. The lowest BCUT2D eigenvalue weighted by atomic mass is 10.1. The molecule has 0 N–H and O–H groups in total. The number of ether oxygens (including phenoxy) is 1. The summed E-state index contributed by atoms with van der Waals surface area (Å²) in [7, 11) is 0. The van der Waals surface area contributed by atoms with E-state index in [1.807, 2.05) is 31.2 Å². The molecule has 3 rings (SSSR count). The molecule has 0 atom stereocenters. The van der Waals surface area contributed by atoms with Crippen molar-refractivity contribution in [3.05, 3.63) is 51.9 Å². The summed E-state index contributed by atoms with van der Waals surface area (Å²) in [6, 6.07) is 9.32. The van der Waals surface area contributed by atoms with Gasteiger partial charge in [-0.25, -0.2) is 4.79 Å². The van der Waals surface area contributed by atoms with Crippen molar-refractivity contribution >= 4 is 16.9 Å². The van der Waals surface area contributed by atoms with E-state index in [1.165, 1.54) is 6.92 Å². The first-order chi connectivity index (χ1) is 11.0. The molecule has 2 heterocycles. The van der Waals surface area contributed by atoms with Gasteiger partial charge in [0, 0.05) is 17.9 Å². The highest BCUT2D eigenvalue weighted by atomic mass is 16.5. The van der Waals surface area contributed by atoms with Crippen molar-refractivity contribution in [2.24, 2.45) is 0 Å². The lowest BCUT2D eigenvalue weighted by Crippen LogP contribution is -2.13. The van der Waals surface area contributed by atoms with Crippen molar-refractivity contribution in [2.75, 3.05) is 0 Å². The molecular formula is C18H16O5. The van der Waals surface area contributed by atoms with Crippen molar-refractivity contribution in [2.45, 2.75) is 27.2 Å². The number of furan rings is 1. The third kappa shape index (κ3) is 2.65. The molecule has 0 saturated carbocycles. The Kier molecular flexibility index (Phi) is 3.78. The molecule has 1 aromatic carbocycles. The van der Waals surface area contributed by atoms with Crippen molar-refractivity contribution < 1.29 is 18.4 Å². The van der Waals surface area contributed by atoms with Gasteiger partial charge in [-0.2, -0.15) is 0 Å². The van der Waals surface area contributed by atoms with Gasteiger partial charge >= 0.3 is 11.6 Å². The predicted molar refractivity (Wildman–Crippen MR) is 85.6 cm³/mol. The molecule has 2 aromatic heterocycles. The molecule has 3 aromatic rings. The largest absolute Gasteiger partial charge is 0.453 e. The molecule has 0 radical (unpaired) electrons. The maximum absolute atomic E-state index is 12.1. The Balaban J connectivity index is 2.27. The summed E-state index contributed by atoms with van der Waals surface area (Å²) in [6.07, 6.45) is 0.527. The smallest absolute Gasteiger partial charge is 0.343 e. The average molecular weight is 312 g/mol. The highest BCUT2D eigenvalue weighted by Gasteiger charge is 2.22. The van der Waals surface area contributed by atoms with Crippen LogP contribution in [0.25, 0.3) is 22.5 Å². The number of fused-ring (bicyclic) bond motifs is 1. The zero-order chi connectivity index (χ0) is 16.6. The molecule has 0 saturated heterocycles. The van der Waals surface area contributed by atoms with Gasteiger partial charge in [-0.3, -0.25) is 4.79 Å². The van der Waals surface area contributed by atoms with E-state index < -0.39 is 11.6 Å². The second-order valence-electron chi connectivity index (χ2n) is 5.25. The first-order valence-electron chi connectivity index (χ1n) is 7.35. The van der Waals surface area contributed by atoms with E-state index in [4.69, 9.17) is 13.6 Å². The zero-order valence-corrected chi connectivity index (χ0v) is 13.1. The van der Waals surface area contributed by atoms with Crippen LogP contribution in [-0.4, -0.2) is 5.97 Å². The summed E-state index contributed by atoms with van der Waals surface area (Å²) >= 11 is 0. The molecule has 5 heteroatoms. The van der Waals surface area contributed by atoms with Crippen LogP contribution in [0.15, 0.2) is 44.0 Å². The minimum atomic E-state index is -0.547. The quantitative estimate of drug-likeness (QED) is 0.687. The van der Waals surface area contributed by atoms with Crippen LogP contribution in [0.3, 0.4) is 0 Å². The second kappa shape index (κ2) is 5.76. The molecule has 118 valence electrons. The Hall–Kier alpha value is -2.82. The van der Waals surface area contributed by atoms with Crippen LogP contribution >= 0.6 is 0 Å². The van der Waals surface area contributed by atoms with E-state index in [0.29, 0.717) is 29.1 Å². The maximum Gasteiger partial charge on any atom is 0.343 e. The van der Waals surface area contributed by atoms with E-state index in [1.54, 1.807) is 13.0 Å². The summed E-state index contributed by atoms with van der Waals surface area (Å²) in [5.74, 6) is 0.514. The molecule has 5 nitrogen and oxygen atoms in total. The summed E-state index contributed by atoms with van der Waals surface area (Å²) in [5.41, 5.74) is 1.06. The summed E-state index contributed by atoms with van der Waals surface area (Å²) in [6.45, 7) is 4.77. The fourth-order valence-electron chi connectivity index (χ4n) is 2.55. The number of hydrogen-bond acceptors (Lipinski definition) is 5. The lowest BCUT2D eigenvalue weighted by Gasteiger charge is -2.12. The number of rotatable bonds is 3. The summed E-state index contributed by atoms with van der Waals surface area (Å²) in [5, 5.41) is 0.904. The summed E-state index contributed by atoms with van der Waals surface area (Å²) in [4.78, 5) is 23.5. The third-order valence-electron chi connectivity index (χ3n) is 3.64. The third-order valence-corrected chi connectivity index (χ3v) is 3.64. The molecule has 0 aliphatic rings. The van der Waals surface area contributed by atoms with E-state index in [9.17, 15) is 9.59 Å². The number of esters is 1. The van der Waals surface area contributed by atoms with Gasteiger partial charge in [0.25, 0.3) is 0 Å². The van der Waals surface area contributed by atoms with Gasteiger partial charge in [-0.1, -0.05) is 25.1 Å². The zero-order valence-electron chi connectivity index (χ0n) is 13.1. The molecule has 0 aliphatic heterocycles. The van der Waals surface area contributed by atoms with Crippen LogP contribution in [0.2, 0.25) is 0 Å². The van der Waals surface area contributed by atoms with Crippen molar-refractivity contribution in [3.8, 4) is 17.3 Å². The van der Waals surface area contributed by atoms with Gasteiger partial charge < -0.3 is 13.6 Å². The van der Waals surface area contributed by atoms with Gasteiger partial charge in [0.2, 0.25) is 0 Å². The summed E-state index contributed by atoms with van der Waals surface area (Å²) < 4.78 is 16.4. The molecule has 0 aliphatic carbocycles. The minimum absolute atomic E-state index is 0.256. The molecule has 23 heavy (non-hydrogen) atoms. The molecular weight excluding hydrogens is 296 g/mol. The number of benzene rings is 1. The lowest BCUT2D eigenvalue weighted by molar-refractivity contribution is -0.132. The van der Waals surface area contributed by atoms with Gasteiger partial charge in [0.15, 0.2) is 11.5 Å². The highest BCUT2D eigenvalue weighted by Crippen LogP contribution is 2.35. The monoisotopic (exact) mass is 312 g/mol. The Morgan fingerprint density at radius 1 is 1.22 bits per heavy atom. The van der Waals surface area contributed by atoms with Crippen LogP contribution in [0.5, 0.6) is 5.75 Å². The Morgan fingerprint density at radius 2 is 1.96 bits per heavy atom. The van der Waals surface area contributed by atoms with Crippen LogP contribution in [-0.2, 0) is 11.2 Å². The maximum atomic E-state index is 12.1. The fraction of sp³-hybridized carbons (Fsp3) is 0.222. The van der Waals surface area contributed by atoms with Gasteiger partial charge in [0.05, 0.1) is 5.56 Å². The number of carbonyl (C=O) groups excluding carboxylic acids is 1. The molecule has 0 unspecified atom stereocenters. The SMILES string of the molecule is CCc1c(-c2cc3ccccc3o2)oc(=O)c(C)c1OC(C)=O. The molecule has 0 spiro atoms. The molecule has 0 fully saturated rings. The van der Waals surface area contributed by atoms with Gasteiger partial charge in [-0.15, -0.1) is 0 Å².